The molecule has 4 rings (SSSR count). The van der Waals surface area contributed by atoms with Gasteiger partial charge in [-0.2, -0.15) is 0 Å². The number of amides is 1. The number of methoxy groups -OCH3 is 1. The van der Waals surface area contributed by atoms with Gasteiger partial charge in [0.2, 0.25) is 0 Å². The van der Waals surface area contributed by atoms with Crippen LogP contribution in [0.2, 0.25) is 5.02 Å². The second-order valence-corrected chi connectivity index (χ2v) is 7.88. The highest BCUT2D eigenvalue weighted by Crippen LogP contribution is 2.38. The maximum Gasteiger partial charge on any atom is 0.252 e. The first kappa shape index (κ1) is 21.1. The summed E-state index contributed by atoms with van der Waals surface area (Å²) in [5.74, 6) is -0.607. The van der Waals surface area contributed by atoms with Crippen molar-refractivity contribution in [3.8, 4) is 5.75 Å². The number of halogens is 2. The maximum absolute atomic E-state index is 14.6. The molecule has 1 aromatic heterocycles. The first-order valence-electron chi connectivity index (χ1n) is 9.84. The third-order valence-electron chi connectivity index (χ3n) is 5.49. The molecule has 1 saturated heterocycles. The number of hydrogen-bond acceptors (Lipinski definition) is 6. The molecular formula is C22H23ClFN5O2. The number of nitrogens with two attached hydrogens (primary N) is 1. The van der Waals surface area contributed by atoms with Gasteiger partial charge in [-0.1, -0.05) is 17.7 Å². The lowest BCUT2D eigenvalue weighted by Gasteiger charge is -2.35. The predicted octanol–water partition coefficient (Wildman–Crippen LogP) is 3.63. The SMILES string of the molecule is COc1cc2ncc(C(N)=O)c(Nc3cccc(Cl)c3F)c2cc1N1CCN(C)CC1. The topological polar surface area (TPSA) is 83.7 Å². The Hall–Kier alpha value is -3.10. The van der Waals surface area contributed by atoms with E-state index in [0.29, 0.717) is 22.3 Å². The van der Waals surface area contributed by atoms with E-state index in [1.165, 1.54) is 12.3 Å². The number of ether oxygens (including phenoxy) is 1. The van der Waals surface area contributed by atoms with Gasteiger partial charge in [0, 0.05) is 43.8 Å². The number of pyridine rings is 1. The van der Waals surface area contributed by atoms with Gasteiger partial charge in [-0.3, -0.25) is 9.78 Å². The van der Waals surface area contributed by atoms with Crippen LogP contribution >= 0.6 is 11.6 Å². The molecule has 7 nitrogen and oxygen atoms in total. The number of hydrogen-bond donors (Lipinski definition) is 2. The van der Waals surface area contributed by atoms with E-state index in [2.05, 4.69) is 27.1 Å². The molecule has 0 aliphatic carbocycles. The van der Waals surface area contributed by atoms with Crippen molar-refractivity contribution in [1.29, 1.82) is 0 Å². The van der Waals surface area contributed by atoms with Crippen molar-refractivity contribution in [2.45, 2.75) is 0 Å². The number of nitrogens with zero attached hydrogens (tertiary/aromatic N) is 3. The molecule has 2 aromatic carbocycles. The minimum Gasteiger partial charge on any atom is -0.495 e. The van der Waals surface area contributed by atoms with E-state index in [0.717, 1.165) is 31.9 Å². The summed E-state index contributed by atoms with van der Waals surface area (Å²) < 4.78 is 20.2. The Morgan fingerprint density at radius 3 is 2.68 bits per heavy atom. The van der Waals surface area contributed by atoms with Crippen molar-refractivity contribution in [3.05, 3.63) is 52.9 Å². The highest BCUT2D eigenvalue weighted by Gasteiger charge is 2.22. The molecule has 0 unspecified atom stereocenters. The van der Waals surface area contributed by atoms with E-state index < -0.39 is 11.7 Å². The number of nitrogens with one attached hydrogen (secondary N) is 1. The lowest BCUT2D eigenvalue weighted by atomic mass is 10.1. The smallest absolute Gasteiger partial charge is 0.252 e. The van der Waals surface area contributed by atoms with Gasteiger partial charge in [-0.15, -0.1) is 0 Å². The van der Waals surface area contributed by atoms with Crippen LogP contribution in [0.1, 0.15) is 10.4 Å². The molecular weight excluding hydrogens is 421 g/mol. The summed E-state index contributed by atoms with van der Waals surface area (Å²) in [5, 5.41) is 3.62. The van der Waals surface area contributed by atoms with Crippen LogP contribution < -0.4 is 20.7 Å². The van der Waals surface area contributed by atoms with E-state index in [4.69, 9.17) is 22.1 Å². The van der Waals surface area contributed by atoms with Crippen molar-refractivity contribution >= 4 is 45.5 Å². The molecule has 162 valence electrons. The Bertz CT molecular complexity index is 1150. The van der Waals surface area contributed by atoms with Crippen LogP contribution in [-0.4, -0.2) is 56.1 Å². The van der Waals surface area contributed by atoms with Crippen LogP contribution in [0.5, 0.6) is 5.75 Å². The maximum atomic E-state index is 14.6. The molecule has 0 radical (unpaired) electrons. The number of benzene rings is 2. The summed E-state index contributed by atoms with van der Waals surface area (Å²) in [4.78, 5) is 21.0. The van der Waals surface area contributed by atoms with Crippen LogP contribution in [0.3, 0.4) is 0 Å². The number of piperazine rings is 1. The van der Waals surface area contributed by atoms with E-state index in [-0.39, 0.29) is 16.3 Å². The Balaban J connectivity index is 1.89. The molecule has 0 saturated carbocycles. The average Bonchev–Trinajstić information content (AvgIpc) is 2.76. The van der Waals surface area contributed by atoms with Gasteiger partial charge in [0.05, 0.1) is 40.3 Å². The molecule has 2 heterocycles. The largest absolute Gasteiger partial charge is 0.495 e. The Labute approximate surface area is 184 Å². The lowest BCUT2D eigenvalue weighted by Crippen LogP contribution is -2.44. The van der Waals surface area contributed by atoms with Gasteiger partial charge >= 0.3 is 0 Å². The summed E-state index contributed by atoms with van der Waals surface area (Å²) in [6.07, 6.45) is 1.38. The molecule has 0 bridgehead atoms. The minimum absolute atomic E-state index is 0.0243. The zero-order valence-corrected chi connectivity index (χ0v) is 18.0. The highest BCUT2D eigenvalue weighted by atomic mass is 35.5. The van der Waals surface area contributed by atoms with E-state index in [1.807, 2.05) is 12.1 Å². The number of likely N-dealkylation sites (N-methyl/N-ethyl adjacent to an activating group) is 1. The highest BCUT2D eigenvalue weighted by molar-refractivity contribution is 6.31. The molecule has 0 spiro atoms. The molecule has 9 heteroatoms. The fraction of sp³-hybridized carbons (Fsp3) is 0.273. The first-order chi connectivity index (χ1) is 14.9. The molecule has 1 aliphatic rings. The second kappa shape index (κ2) is 8.56. The molecule has 3 aromatic rings. The summed E-state index contributed by atoms with van der Waals surface area (Å²) in [6, 6.07) is 8.35. The van der Waals surface area contributed by atoms with Gasteiger partial charge in [-0.05, 0) is 25.2 Å². The van der Waals surface area contributed by atoms with E-state index in [9.17, 15) is 9.18 Å². The van der Waals surface area contributed by atoms with Gasteiger partial charge < -0.3 is 25.6 Å². The van der Waals surface area contributed by atoms with Gasteiger partial charge in [-0.25, -0.2) is 4.39 Å². The van der Waals surface area contributed by atoms with E-state index >= 15 is 0 Å². The van der Waals surface area contributed by atoms with Gasteiger partial charge in [0.25, 0.3) is 5.91 Å². The zero-order chi connectivity index (χ0) is 22.1. The minimum atomic E-state index is -0.670. The number of fused-ring (bicyclic) bond motifs is 1. The predicted molar refractivity (Wildman–Crippen MR) is 121 cm³/mol. The number of carbonyl (C=O) groups is 1. The van der Waals surface area contributed by atoms with Crippen molar-refractivity contribution in [2.24, 2.45) is 5.73 Å². The number of primary amides is 1. The summed E-state index contributed by atoms with van der Waals surface area (Å²) >= 11 is 5.93. The molecule has 0 atom stereocenters. The standard InChI is InChI=1S/C22H23ClFN5O2/c1-28-6-8-29(9-7-28)18-10-13-17(11-19(18)31-2)26-12-14(22(25)30)21(13)27-16-5-3-4-15(23)20(16)24/h3-5,10-12H,6-9H2,1-2H3,(H2,25,30)(H,26,27). The Morgan fingerprint density at radius 2 is 2.00 bits per heavy atom. The Kier molecular flexibility index (Phi) is 5.84. The summed E-state index contributed by atoms with van der Waals surface area (Å²) in [7, 11) is 3.69. The first-order valence-corrected chi connectivity index (χ1v) is 10.2. The third-order valence-corrected chi connectivity index (χ3v) is 5.78. The number of carbonyl (C=O) groups excluding carboxylic acids is 1. The molecule has 1 aliphatic heterocycles. The quantitative estimate of drug-likeness (QED) is 0.626. The molecule has 1 amide bonds. The van der Waals surface area contributed by atoms with Gasteiger partial charge in [0.15, 0.2) is 5.82 Å². The van der Waals surface area contributed by atoms with E-state index in [1.54, 1.807) is 19.2 Å². The number of rotatable bonds is 5. The lowest BCUT2D eigenvalue weighted by molar-refractivity contribution is 0.100. The van der Waals surface area contributed by atoms with Crippen LogP contribution in [0.15, 0.2) is 36.5 Å². The fourth-order valence-electron chi connectivity index (χ4n) is 3.72. The van der Waals surface area contributed by atoms with Crippen molar-refractivity contribution < 1.29 is 13.9 Å². The molecule has 1 fully saturated rings. The summed E-state index contributed by atoms with van der Waals surface area (Å²) in [6.45, 7) is 3.49. The Morgan fingerprint density at radius 1 is 1.26 bits per heavy atom. The van der Waals surface area contributed by atoms with Crippen LogP contribution in [0.4, 0.5) is 21.5 Å². The number of anilines is 3. The monoisotopic (exact) mass is 443 g/mol. The van der Waals surface area contributed by atoms with Crippen LogP contribution in [0, 0.1) is 5.82 Å². The van der Waals surface area contributed by atoms with Gasteiger partial charge in [0.1, 0.15) is 5.75 Å². The molecule has 31 heavy (non-hydrogen) atoms. The summed E-state index contributed by atoms with van der Waals surface area (Å²) in [5.41, 5.74) is 7.73. The molecule has 3 N–H and O–H groups in total. The van der Waals surface area contributed by atoms with Crippen LogP contribution in [-0.2, 0) is 0 Å². The van der Waals surface area contributed by atoms with Crippen LogP contribution in [0.25, 0.3) is 10.9 Å². The van der Waals surface area contributed by atoms with Crippen molar-refractivity contribution in [1.82, 2.24) is 9.88 Å². The second-order valence-electron chi connectivity index (χ2n) is 7.47. The third kappa shape index (κ3) is 4.08. The van der Waals surface area contributed by atoms with Crippen molar-refractivity contribution in [3.63, 3.8) is 0 Å². The van der Waals surface area contributed by atoms with Crippen molar-refractivity contribution in [2.75, 3.05) is 50.6 Å². The number of aromatic nitrogens is 1. The fourth-order valence-corrected chi connectivity index (χ4v) is 3.90. The zero-order valence-electron chi connectivity index (χ0n) is 17.3. The average molecular weight is 444 g/mol. The normalized spacial score (nSPS) is 14.6.